The zero-order chi connectivity index (χ0) is 17.2. The molecule has 0 unspecified atom stereocenters. The molecule has 1 saturated carbocycles. The fourth-order valence-corrected chi connectivity index (χ4v) is 3.45. The molecule has 0 aliphatic heterocycles. The zero-order valence-electron chi connectivity index (χ0n) is 13.3. The molecule has 1 aliphatic rings. The van der Waals surface area contributed by atoms with E-state index in [2.05, 4.69) is 21.2 Å². The van der Waals surface area contributed by atoms with Gasteiger partial charge in [-0.05, 0) is 48.6 Å². The lowest BCUT2D eigenvalue weighted by Crippen LogP contribution is -2.47. The van der Waals surface area contributed by atoms with Crippen molar-refractivity contribution < 1.29 is 4.79 Å². The minimum Gasteiger partial charge on any atom is -0.359 e. The number of thiocarbonyl (C=S) groups is 1. The van der Waals surface area contributed by atoms with Gasteiger partial charge in [-0.25, -0.2) is 4.98 Å². The molecule has 3 N–H and O–H groups in total. The normalized spacial score (nSPS) is 13.4. The first-order valence-corrected chi connectivity index (χ1v) is 9.30. The van der Waals surface area contributed by atoms with Crippen LogP contribution in [0.15, 0.2) is 47.8 Å². The maximum Gasteiger partial charge on any atom is 0.270 e. The number of thiophene rings is 1. The fourth-order valence-electron chi connectivity index (χ4n) is 2.54. The van der Waals surface area contributed by atoms with Crippen molar-refractivity contribution in [1.29, 1.82) is 0 Å². The van der Waals surface area contributed by atoms with E-state index < -0.39 is 0 Å². The summed E-state index contributed by atoms with van der Waals surface area (Å²) in [5.74, 6) is -0.239. The van der Waals surface area contributed by atoms with E-state index in [1.165, 1.54) is 0 Å². The van der Waals surface area contributed by atoms with Crippen molar-refractivity contribution in [3.05, 3.63) is 53.4 Å². The Bertz CT molecular complexity index is 935. The van der Waals surface area contributed by atoms with Crippen LogP contribution in [0.1, 0.15) is 23.2 Å². The Morgan fingerprint density at radius 3 is 2.76 bits per heavy atom. The van der Waals surface area contributed by atoms with Crippen LogP contribution in [-0.2, 0) is 0 Å². The summed E-state index contributed by atoms with van der Waals surface area (Å²) in [5, 5.41) is 6.37. The van der Waals surface area contributed by atoms with Gasteiger partial charge < -0.3 is 5.32 Å². The number of aromatic nitrogens is 1. The number of pyridine rings is 1. The monoisotopic (exact) mass is 368 g/mol. The number of hydrogen-bond donors (Lipinski definition) is 3. The number of hydrazine groups is 1. The Morgan fingerprint density at radius 1 is 1.16 bits per heavy atom. The van der Waals surface area contributed by atoms with Gasteiger partial charge in [-0.15, -0.1) is 11.3 Å². The predicted molar refractivity (Wildman–Crippen MR) is 104 cm³/mol. The highest BCUT2D eigenvalue weighted by molar-refractivity contribution is 7.80. The minimum absolute atomic E-state index is 0.239. The molecule has 3 aromatic rings. The van der Waals surface area contributed by atoms with Crippen LogP contribution in [0.3, 0.4) is 0 Å². The second kappa shape index (κ2) is 6.78. The van der Waals surface area contributed by atoms with E-state index in [0.29, 0.717) is 16.7 Å². The van der Waals surface area contributed by atoms with E-state index in [1.54, 1.807) is 11.3 Å². The Morgan fingerprint density at radius 2 is 2.00 bits per heavy atom. The molecule has 1 aliphatic carbocycles. The molecule has 0 saturated heterocycles. The topological polar surface area (TPSA) is 66.1 Å². The van der Waals surface area contributed by atoms with Crippen molar-refractivity contribution in [2.24, 2.45) is 0 Å². The van der Waals surface area contributed by atoms with Gasteiger partial charge >= 0.3 is 0 Å². The quantitative estimate of drug-likeness (QED) is 0.489. The lowest BCUT2D eigenvalue weighted by Gasteiger charge is -2.13. The van der Waals surface area contributed by atoms with Crippen LogP contribution < -0.4 is 16.2 Å². The van der Waals surface area contributed by atoms with Gasteiger partial charge in [0.2, 0.25) is 0 Å². The van der Waals surface area contributed by atoms with Gasteiger partial charge in [0.15, 0.2) is 5.11 Å². The van der Waals surface area contributed by atoms with Gasteiger partial charge in [-0.2, -0.15) is 0 Å². The zero-order valence-corrected chi connectivity index (χ0v) is 14.9. The highest BCUT2D eigenvalue weighted by Crippen LogP contribution is 2.27. The molecule has 1 amide bonds. The van der Waals surface area contributed by atoms with Gasteiger partial charge in [0.05, 0.1) is 21.7 Å². The summed E-state index contributed by atoms with van der Waals surface area (Å²) in [5.41, 5.74) is 7.60. The summed E-state index contributed by atoms with van der Waals surface area (Å²) in [6.07, 6.45) is 2.24. The molecule has 0 bridgehead atoms. The lowest BCUT2D eigenvalue weighted by molar-refractivity contribution is 0.0945. The number of hydrogen-bond acceptors (Lipinski definition) is 4. The average Bonchev–Trinajstić information content (AvgIpc) is 3.27. The maximum absolute atomic E-state index is 12.7. The summed E-state index contributed by atoms with van der Waals surface area (Å²) >= 11 is 6.77. The smallest absolute Gasteiger partial charge is 0.270 e. The summed E-state index contributed by atoms with van der Waals surface area (Å²) < 4.78 is 0. The van der Waals surface area contributed by atoms with Crippen LogP contribution in [0.4, 0.5) is 0 Å². The Hall–Kier alpha value is -2.51. The summed E-state index contributed by atoms with van der Waals surface area (Å²) in [7, 11) is 0. The minimum atomic E-state index is -0.239. The van der Waals surface area contributed by atoms with E-state index in [-0.39, 0.29) is 5.91 Å². The SMILES string of the molecule is O=C(NNC(=S)NC1CC1)c1cc(-c2cccs2)nc2ccccc12. The van der Waals surface area contributed by atoms with E-state index in [1.807, 2.05) is 47.8 Å². The second-order valence-corrected chi connectivity index (χ2v) is 7.23. The van der Waals surface area contributed by atoms with Crippen molar-refractivity contribution in [2.45, 2.75) is 18.9 Å². The average molecular weight is 368 g/mol. The summed E-state index contributed by atoms with van der Waals surface area (Å²) in [6, 6.07) is 13.9. The Kier molecular flexibility index (Phi) is 4.33. The van der Waals surface area contributed by atoms with Gasteiger partial charge in [0.1, 0.15) is 0 Å². The number of nitrogens with one attached hydrogen (secondary N) is 3. The standard InChI is InChI=1S/C18H16N4OS2/c23-17(21-22-18(24)19-11-7-8-11)13-10-15(16-6-3-9-25-16)20-14-5-2-1-4-12(13)14/h1-6,9-11H,7-8H2,(H,21,23)(H2,19,22,24). The molecule has 1 fully saturated rings. The molecule has 2 aromatic heterocycles. The van der Waals surface area contributed by atoms with E-state index in [9.17, 15) is 4.79 Å². The van der Waals surface area contributed by atoms with E-state index in [4.69, 9.17) is 12.2 Å². The third-order valence-corrected chi connectivity index (χ3v) is 5.05. The number of fused-ring (bicyclic) bond motifs is 1. The Balaban J connectivity index is 1.62. The first kappa shape index (κ1) is 16.0. The predicted octanol–water partition coefficient (Wildman–Crippen LogP) is 3.23. The molecule has 25 heavy (non-hydrogen) atoms. The highest BCUT2D eigenvalue weighted by atomic mass is 32.1. The van der Waals surface area contributed by atoms with Crippen LogP contribution >= 0.6 is 23.6 Å². The number of carbonyl (C=O) groups excluding carboxylic acids is 1. The van der Waals surface area contributed by atoms with Crippen molar-refractivity contribution in [3.8, 4) is 10.6 Å². The number of benzene rings is 1. The van der Waals surface area contributed by atoms with Crippen molar-refractivity contribution >= 4 is 45.5 Å². The van der Waals surface area contributed by atoms with Crippen LogP contribution in [0.2, 0.25) is 0 Å². The summed E-state index contributed by atoms with van der Waals surface area (Å²) in [6.45, 7) is 0. The molecule has 4 rings (SSSR count). The van der Waals surface area contributed by atoms with Crippen molar-refractivity contribution in [2.75, 3.05) is 0 Å². The fraction of sp³-hybridized carbons (Fsp3) is 0.167. The number of amides is 1. The molecule has 2 heterocycles. The van der Waals surface area contributed by atoms with Crippen molar-refractivity contribution in [1.82, 2.24) is 21.2 Å². The molecule has 7 heteroatoms. The van der Waals surface area contributed by atoms with Gasteiger partial charge in [-0.1, -0.05) is 24.3 Å². The maximum atomic E-state index is 12.7. The summed E-state index contributed by atoms with van der Waals surface area (Å²) in [4.78, 5) is 18.4. The number of rotatable bonds is 3. The molecule has 0 radical (unpaired) electrons. The van der Waals surface area contributed by atoms with Gasteiger partial charge in [0, 0.05) is 11.4 Å². The molecular weight excluding hydrogens is 352 g/mol. The molecule has 1 aromatic carbocycles. The Labute approximate surface area is 154 Å². The van der Waals surface area contributed by atoms with Gasteiger partial charge in [-0.3, -0.25) is 15.6 Å². The third-order valence-electron chi connectivity index (χ3n) is 3.94. The van der Waals surface area contributed by atoms with Crippen LogP contribution in [0.25, 0.3) is 21.5 Å². The van der Waals surface area contributed by atoms with Crippen LogP contribution in [-0.4, -0.2) is 22.0 Å². The molecule has 126 valence electrons. The molecule has 0 atom stereocenters. The number of carbonyl (C=O) groups is 1. The first-order valence-electron chi connectivity index (χ1n) is 8.01. The first-order chi connectivity index (χ1) is 12.2. The highest BCUT2D eigenvalue weighted by Gasteiger charge is 2.22. The number of para-hydroxylation sites is 1. The molecular formula is C18H16N4OS2. The van der Waals surface area contributed by atoms with Crippen molar-refractivity contribution in [3.63, 3.8) is 0 Å². The lowest BCUT2D eigenvalue weighted by atomic mass is 10.1. The molecule has 0 spiro atoms. The van der Waals surface area contributed by atoms with Gasteiger partial charge in [0.25, 0.3) is 5.91 Å². The van der Waals surface area contributed by atoms with Crippen LogP contribution in [0, 0.1) is 0 Å². The second-order valence-electron chi connectivity index (χ2n) is 5.88. The third kappa shape index (κ3) is 3.62. The largest absolute Gasteiger partial charge is 0.359 e. The van der Waals surface area contributed by atoms with E-state index >= 15 is 0 Å². The van der Waals surface area contributed by atoms with Crippen LogP contribution in [0.5, 0.6) is 0 Å². The van der Waals surface area contributed by atoms with E-state index in [0.717, 1.165) is 34.3 Å². The number of nitrogens with zero attached hydrogens (tertiary/aromatic N) is 1. The molecule has 5 nitrogen and oxygen atoms in total.